The average Bonchev–Trinajstić information content (AvgIpc) is 2.96. The molecule has 1 nitrogen and oxygen atoms in total. The highest BCUT2D eigenvalue weighted by molar-refractivity contribution is 5.83. The van der Waals surface area contributed by atoms with Gasteiger partial charge in [-0.05, 0) is 50.0 Å². The van der Waals surface area contributed by atoms with Crippen LogP contribution in [0.25, 0.3) is 0 Å². The van der Waals surface area contributed by atoms with E-state index >= 15 is 0 Å². The zero-order valence-electron chi connectivity index (χ0n) is 15.4. The first-order valence-electron chi connectivity index (χ1n) is 10.0. The Bertz CT molecular complexity index is 488. The SMILES string of the molecule is CCCCCC/C=C/[C@H]1CCC(=O)[C@H]1CCCCc1ccccc1. The minimum absolute atomic E-state index is 0.299. The van der Waals surface area contributed by atoms with Crippen molar-refractivity contribution in [2.75, 3.05) is 0 Å². The van der Waals surface area contributed by atoms with E-state index in [2.05, 4.69) is 49.4 Å². The van der Waals surface area contributed by atoms with Crippen molar-refractivity contribution in [2.45, 2.75) is 77.6 Å². The molecule has 0 radical (unpaired) electrons. The van der Waals surface area contributed by atoms with E-state index in [1.54, 1.807) is 0 Å². The summed E-state index contributed by atoms with van der Waals surface area (Å²) in [5, 5.41) is 0. The van der Waals surface area contributed by atoms with E-state index in [-0.39, 0.29) is 0 Å². The van der Waals surface area contributed by atoms with Crippen LogP contribution in [0.3, 0.4) is 0 Å². The van der Waals surface area contributed by atoms with E-state index in [9.17, 15) is 4.79 Å². The monoisotopic (exact) mass is 326 g/mol. The molecule has 0 amide bonds. The summed E-state index contributed by atoms with van der Waals surface area (Å²) in [7, 11) is 0. The van der Waals surface area contributed by atoms with Gasteiger partial charge in [0, 0.05) is 12.3 Å². The molecule has 0 unspecified atom stereocenters. The van der Waals surface area contributed by atoms with Crippen LogP contribution in [0.15, 0.2) is 42.5 Å². The number of Topliss-reactive ketones (excluding diaryl/α,β-unsaturated/α-hetero) is 1. The number of benzene rings is 1. The van der Waals surface area contributed by atoms with Crippen LogP contribution in [-0.4, -0.2) is 5.78 Å². The number of allylic oxidation sites excluding steroid dienone is 2. The van der Waals surface area contributed by atoms with Crippen molar-refractivity contribution in [1.82, 2.24) is 0 Å². The lowest BCUT2D eigenvalue weighted by molar-refractivity contribution is -0.121. The lowest BCUT2D eigenvalue weighted by Gasteiger charge is -2.15. The molecular weight excluding hydrogens is 292 g/mol. The van der Waals surface area contributed by atoms with Crippen molar-refractivity contribution in [1.29, 1.82) is 0 Å². The van der Waals surface area contributed by atoms with Crippen LogP contribution in [0.2, 0.25) is 0 Å². The lowest BCUT2D eigenvalue weighted by Crippen LogP contribution is -2.13. The number of rotatable bonds is 11. The third kappa shape index (κ3) is 6.63. The Kier molecular flexibility index (Phi) is 8.87. The lowest BCUT2D eigenvalue weighted by atomic mass is 9.89. The normalized spacial score (nSPS) is 21.0. The van der Waals surface area contributed by atoms with Crippen LogP contribution < -0.4 is 0 Å². The third-order valence-electron chi connectivity index (χ3n) is 5.34. The molecule has 1 heteroatoms. The molecule has 2 atom stereocenters. The van der Waals surface area contributed by atoms with Gasteiger partial charge in [0.15, 0.2) is 0 Å². The molecule has 1 saturated carbocycles. The molecule has 1 fully saturated rings. The molecule has 2 rings (SSSR count). The first-order valence-corrected chi connectivity index (χ1v) is 10.0. The summed E-state index contributed by atoms with van der Waals surface area (Å²) in [4.78, 5) is 12.2. The molecule has 0 spiro atoms. The van der Waals surface area contributed by atoms with Crippen molar-refractivity contribution in [3.05, 3.63) is 48.0 Å². The summed E-state index contributed by atoms with van der Waals surface area (Å²) in [6.07, 6.45) is 17.6. The summed E-state index contributed by atoms with van der Waals surface area (Å²) in [6.45, 7) is 2.25. The highest BCUT2D eigenvalue weighted by Gasteiger charge is 2.31. The van der Waals surface area contributed by atoms with E-state index in [1.807, 2.05) is 0 Å². The van der Waals surface area contributed by atoms with E-state index in [4.69, 9.17) is 0 Å². The molecule has 0 saturated heterocycles. The molecule has 1 aliphatic carbocycles. The molecule has 1 aliphatic rings. The summed E-state index contributed by atoms with van der Waals surface area (Å²) < 4.78 is 0. The van der Waals surface area contributed by atoms with E-state index < -0.39 is 0 Å². The van der Waals surface area contributed by atoms with Gasteiger partial charge in [-0.1, -0.05) is 75.1 Å². The predicted molar refractivity (Wildman–Crippen MR) is 103 cm³/mol. The minimum atomic E-state index is 0.299. The average molecular weight is 327 g/mol. The van der Waals surface area contributed by atoms with E-state index in [0.29, 0.717) is 17.6 Å². The Morgan fingerprint density at radius 1 is 1.04 bits per heavy atom. The van der Waals surface area contributed by atoms with Crippen LogP contribution in [0.1, 0.15) is 76.7 Å². The van der Waals surface area contributed by atoms with E-state index in [0.717, 1.165) is 25.7 Å². The topological polar surface area (TPSA) is 17.1 Å². The zero-order chi connectivity index (χ0) is 17.0. The molecule has 0 aliphatic heterocycles. The Morgan fingerprint density at radius 3 is 2.67 bits per heavy atom. The van der Waals surface area contributed by atoms with Crippen molar-refractivity contribution in [2.24, 2.45) is 11.8 Å². The maximum atomic E-state index is 12.2. The smallest absolute Gasteiger partial charge is 0.136 e. The molecule has 0 N–H and O–H groups in total. The number of hydrogen-bond acceptors (Lipinski definition) is 1. The Hall–Kier alpha value is -1.37. The van der Waals surface area contributed by atoms with Gasteiger partial charge >= 0.3 is 0 Å². The maximum Gasteiger partial charge on any atom is 0.136 e. The fourth-order valence-corrected chi connectivity index (χ4v) is 3.84. The molecule has 0 bridgehead atoms. The van der Waals surface area contributed by atoms with Gasteiger partial charge in [-0.2, -0.15) is 0 Å². The number of carbonyl (C=O) groups is 1. The van der Waals surface area contributed by atoms with Crippen LogP contribution >= 0.6 is 0 Å². The number of unbranched alkanes of at least 4 members (excludes halogenated alkanes) is 5. The summed E-state index contributed by atoms with van der Waals surface area (Å²) in [6, 6.07) is 10.7. The molecule has 0 heterocycles. The van der Waals surface area contributed by atoms with Crippen LogP contribution in [0.4, 0.5) is 0 Å². The second-order valence-electron chi connectivity index (χ2n) is 7.28. The summed E-state index contributed by atoms with van der Waals surface area (Å²) >= 11 is 0. The maximum absolute atomic E-state index is 12.2. The highest BCUT2D eigenvalue weighted by Crippen LogP contribution is 2.33. The fourth-order valence-electron chi connectivity index (χ4n) is 3.84. The zero-order valence-corrected chi connectivity index (χ0v) is 15.4. The summed E-state index contributed by atoms with van der Waals surface area (Å²) in [5.41, 5.74) is 1.42. The van der Waals surface area contributed by atoms with Crippen molar-refractivity contribution >= 4 is 5.78 Å². The molecule has 1 aromatic carbocycles. The highest BCUT2D eigenvalue weighted by atomic mass is 16.1. The Balaban J connectivity index is 1.67. The minimum Gasteiger partial charge on any atom is -0.299 e. The molecule has 1 aromatic rings. The van der Waals surface area contributed by atoms with Gasteiger partial charge < -0.3 is 0 Å². The first-order chi connectivity index (χ1) is 11.8. The van der Waals surface area contributed by atoms with Gasteiger partial charge in [-0.3, -0.25) is 4.79 Å². The Labute approximate surface area is 148 Å². The molecule has 24 heavy (non-hydrogen) atoms. The number of aryl methyl sites for hydroxylation is 1. The van der Waals surface area contributed by atoms with Gasteiger partial charge in [0.1, 0.15) is 5.78 Å². The molecular formula is C23H34O. The number of ketones is 1. The van der Waals surface area contributed by atoms with Gasteiger partial charge in [-0.15, -0.1) is 0 Å². The van der Waals surface area contributed by atoms with Gasteiger partial charge in [0.2, 0.25) is 0 Å². The Morgan fingerprint density at radius 2 is 1.88 bits per heavy atom. The largest absolute Gasteiger partial charge is 0.299 e. The fraction of sp³-hybridized carbons (Fsp3) is 0.609. The molecule has 0 aromatic heterocycles. The number of carbonyl (C=O) groups excluding carboxylic acids is 1. The van der Waals surface area contributed by atoms with Crippen molar-refractivity contribution < 1.29 is 4.79 Å². The van der Waals surface area contributed by atoms with Gasteiger partial charge in [0.25, 0.3) is 0 Å². The molecule has 132 valence electrons. The van der Waals surface area contributed by atoms with Crippen molar-refractivity contribution in [3.8, 4) is 0 Å². The van der Waals surface area contributed by atoms with Crippen LogP contribution in [0, 0.1) is 11.8 Å². The van der Waals surface area contributed by atoms with E-state index in [1.165, 1.54) is 50.5 Å². The van der Waals surface area contributed by atoms with Gasteiger partial charge in [0.05, 0.1) is 0 Å². The van der Waals surface area contributed by atoms with Gasteiger partial charge in [-0.25, -0.2) is 0 Å². The van der Waals surface area contributed by atoms with Crippen LogP contribution in [-0.2, 0) is 11.2 Å². The third-order valence-corrected chi connectivity index (χ3v) is 5.34. The first kappa shape index (κ1) is 19.0. The van der Waals surface area contributed by atoms with Crippen molar-refractivity contribution in [3.63, 3.8) is 0 Å². The standard InChI is InChI=1S/C23H34O/c1-2-3-4-5-6-10-16-21-18-19-23(24)22(21)17-12-11-15-20-13-8-7-9-14-20/h7-10,13-14,16,21-22H,2-6,11-12,15,17-19H2,1H3/b16-10+/t21-,22-/m0/s1. The second kappa shape index (κ2) is 11.2. The second-order valence-corrected chi connectivity index (χ2v) is 7.28. The number of hydrogen-bond donors (Lipinski definition) is 0. The quantitative estimate of drug-likeness (QED) is 0.334. The summed E-state index contributed by atoms with van der Waals surface area (Å²) in [5.74, 6) is 1.32. The predicted octanol–water partition coefficient (Wildman–Crippen LogP) is 6.52. The van der Waals surface area contributed by atoms with Crippen LogP contribution in [0.5, 0.6) is 0 Å².